The van der Waals surface area contributed by atoms with Crippen LogP contribution in [0.25, 0.3) is 10.8 Å². The van der Waals surface area contributed by atoms with Crippen molar-refractivity contribution in [1.29, 1.82) is 0 Å². The van der Waals surface area contributed by atoms with Gasteiger partial charge in [-0.05, 0) is 75.6 Å². The Labute approximate surface area is 218 Å². The molecule has 0 saturated carbocycles. The molecule has 1 N–H and O–H groups in total. The van der Waals surface area contributed by atoms with Crippen LogP contribution in [0.15, 0.2) is 42.5 Å². The summed E-state index contributed by atoms with van der Waals surface area (Å²) < 4.78 is 0. The van der Waals surface area contributed by atoms with Gasteiger partial charge < -0.3 is 5.11 Å². The molecule has 3 heterocycles. The van der Waals surface area contributed by atoms with Crippen molar-refractivity contribution in [3.05, 3.63) is 75.8 Å². The molecule has 192 valence electrons. The van der Waals surface area contributed by atoms with Crippen molar-refractivity contribution < 1.29 is 29.1 Å². The summed E-state index contributed by atoms with van der Waals surface area (Å²) in [6, 6.07) is 10.4. The number of hydrogen-bond donors (Lipinski definition) is 1. The smallest absolute Gasteiger partial charge is 0.335 e. The van der Waals surface area contributed by atoms with E-state index >= 15 is 0 Å². The first-order valence-corrected chi connectivity index (χ1v) is 12.6. The largest absolute Gasteiger partial charge is 0.478 e. The standard InChI is InChI=1S/C29H25N3O6/c1-14-7-8-17(29(37)38)13-22(14)30-25(33)18-9-11-20-24-21(12-10-19(23(18)24)26(30)34)28(36)32(27(20)35)31-15(2)5-4-6-16(31)3/h7-13,15-16H,4-6H2,1-3H3,(H,37,38). The lowest BCUT2D eigenvalue weighted by molar-refractivity contribution is -0.0602. The number of hydrazine groups is 1. The molecule has 38 heavy (non-hydrogen) atoms. The number of carboxylic acid groups (broad SMARTS) is 1. The molecule has 1 saturated heterocycles. The van der Waals surface area contributed by atoms with Crippen molar-refractivity contribution in [3.63, 3.8) is 0 Å². The molecule has 0 bridgehead atoms. The van der Waals surface area contributed by atoms with Gasteiger partial charge in [-0.2, -0.15) is 0 Å². The van der Waals surface area contributed by atoms with Crippen LogP contribution in [0.5, 0.6) is 0 Å². The van der Waals surface area contributed by atoms with Crippen molar-refractivity contribution in [1.82, 2.24) is 10.0 Å². The van der Waals surface area contributed by atoms with Crippen LogP contribution in [0, 0.1) is 6.92 Å². The Bertz CT molecular complexity index is 1550. The van der Waals surface area contributed by atoms with E-state index in [4.69, 9.17) is 0 Å². The van der Waals surface area contributed by atoms with Crippen LogP contribution in [0.2, 0.25) is 0 Å². The molecule has 0 spiro atoms. The minimum Gasteiger partial charge on any atom is -0.478 e. The Hall–Kier alpha value is -4.37. The number of hydrogen-bond acceptors (Lipinski definition) is 6. The normalized spacial score (nSPS) is 21.4. The van der Waals surface area contributed by atoms with E-state index in [0.29, 0.717) is 10.9 Å². The highest BCUT2D eigenvalue weighted by molar-refractivity contribution is 6.39. The van der Waals surface area contributed by atoms with Gasteiger partial charge in [0.2, 0.25) is 0 Å². The SMILES string of the molecule is Cc1ccc(C(=O)O)cc1N1C(=O)c2ccc3c4c(ccc(c24)C1=O)C(=O)N(N1C(C)CCCC1C)C3=O. The quantitative estimate of drug-likeness (QED) is 0.518. The second kappa shape index (κ2) is 8.32. The summed E-state index contributed by atoms with van der Waals surface area (Å²) in [5, 5.41) is 13.1. The van der Waals surface area contributed by atoms with Gasteiger partial charge in [-0.1, -0.05) is 12.5 Å². The monoisotopic (exact) mass is 511 g/mol. The van der Waals surface area contributed by atoms with Crippen molar-refractivity contribution in [2.75, 3.05) is 4.90 Å². The highest BCUT2D eigenvalue weighted by Crippen LogP contribution is 2.41. The number of aromatic carboxylic acids is 1. The molecule has 3 aliphatic rings. The Kier molecular flexibility index (Phi) is 5.26. The number of imide groups is 2. The van der Waals surface area contributed by atoms with Gasteiger partial charge >= 0.3 is 5.97 Å². The van der Waals surface area contributed by atoms with E-state index in [0.717, 1.165) is 24.2 Å². The fraction of sp³-hybridized carbons (Fsp3) is 0.276. The highest BCUT2D eigenvalue weighted by atomic mass is 16.4. The Morgan fingerprint density at radius 2 is 1.24 bits per heavy atom. The molecule has 2 unspecified atom stereocenters. The van der Waals surface area contributed by atoms with E-state index in [1.165, 1.54) is 29.3 Å². The van der Waals surface area contributed by atoms with Gasteiger partial charge in [0.15, 0.2) is 0 Å². The Morgan fingerprint density at radius 1 is 0.763 bits per heavy atom. The van der Waals surface area contributed by atoms with Crippen LogP contribution in [0.4, 0.5) is 5.69 Å². The molecule has 0 radical (unpaired) electrons. The van der Waals surface area contributed by atoms with Crippen LogP contribution in [-0.2, 0) is 0 Å². The molecule has 6 rings (SSSR count). The molecule has 9 heteroatoms. The number of nitrogens with zero attached hydrogens (tertiary/aromatic N) is 3. The summed E-state index contributed by atoms with van der Waals surface area (Å²) in [6.45, 7) is 5.68. The van der Waals surface area contributed by atoms with Crippen LogP contribution in [0.3, 0.4) is 0 Å². The summed E-state index contributed by atoms with van der Waals surface area (Å²) in [7, 11) is 0. The third-order valence-electron chi connectivity index (χ3n) is 7.95. The van der Waals surface area contributed by atoms with E-state index in [9.17, 15) is 29.1 Å². The summed E-state index contributed by atoms with van der Waals surface area (Å²) in [5.41, 5.74) is 1.55. The lowest BCUT2D eigenvalue weighted by Crippen LogP contribution is -2.59. The lowest BCUT2D eigenvalue weighted by atomic mass is 9.85. The first-order valence-electron chi connectivity index (χ1n) is 12.6. The van der Waals surface area contributed by atoms with Crippen molar-refractivity contribution in [2.24, 2.45) is 0 Å². The maximum absolute atomic E-state index is 13.8. The minimum atomic E-state index is -1.18. The number of benzene rings is 3. The third kappa shape index (κ3) is 3.18. The first kappa shape index (κ1) is 24.0. The summed E-state index contributed by atoms with van der Waals surface area (Å²) in [4.78, 5) is 67.5. The van der Waals surface area contributed by atoms with E-state index in [2.05, 4.69) is 0 Å². The summed E-state index contributed by atoms with van der Waals surface area (Å²) in [5.74, 6) is -3.41. The van der Waals surface area contributed by atoms with Crippen molar-refractivity contribution in [2.45, 2.75) is 52.1 Å². The molecule has 3 aromatic rings. The fourth-order valence-corrected chi connectivity index (χ4v) is 6.08. The third-order valence-corrected chi connectivity index (χ3v) is 7.95. The minimum absolute atomic E-state index is 0.00244. The topological polar surface area (TPSA) is 115 Å². The van der Waals surface area contributed by atoms with Gasteiger partial charge in [0.25, 0.3) is 23.6 Å². The summed E-state index contributed by atoms with van der Waals surface area (Å²) in [6.07, 6.45) is 2.75. The van der Waals surface area contributed by atoms with Gasteiger partial charge in [0.05, 0.1) is 22.4 Å². The predicted molar refractivity (Wildman–Crippen MR) is 138 cm³/mol. The zero-order valence-electron chi connectivity index (χ0n) is 21.1. The van der Waals surface area contributed by atoms with Gasteiger partial charge in [-0.25, -0.2) is 19.7 Å². The molecule has 3 aliphatic heterocycles. The number of carbonyl (C=O) groups is 5. The Morgan fingerprint density at radius 3 is 1.71 bits per heavy atom. The maximum atomic E-state index is 13.8. The Balaban J connectivity index is 1.52. The number of rotatable bonds is 3. The molecule has 0 aliphatic carbocycles. The summed E-state index contributed by atoms with van der Waals surface area (Å²) >= 11 is 0. The van der Waals surface area contributed by atoms with Crippen LogP contribution < -0.4 is 4.90 Å². The molecule has 3 aromatic carbocycles. The molecule has 4 amide bonds. The zero-order chi connectivity index (χ0) is 27.0. The molecule has 1 fully saturated rings. The first-order chi connectivity index (χ1) is 18.1. The highest BCUT2D eigenvalue weighted by Gasteiger charge is 2.44. The number of aryl methyl sites for hydroxylation is 1. The fourth-order valence-electron chi connectivity index (χ4n) is 6.08. The second-order valence-corrected chi connectivity index (χ2v) is 10.3. The van der Waals surface area contributed by atoms with Crippen molar-refractivity contribution in [3.8, 4) is 0 Å². The number of anilines is 1. The van der Waals surface area contributed by atoms with E-state index in [1.807, 2.05) is 18.9 Å². The molecular formula is C29H25N3O6. The van der Waals surface area contributed by atoms with Gasteiger partial charge in [0.1, 0.15) is 0 Å². The van der Waals surface area contributed by atoms with Gasteiger partial charge in [-0.3, -0.25) is 19.2 Å². The lowest BCUT2D eigenvalue weighted by Gasteiger charge is -2.46. The molecular weight excluding hydrogens is 486 g/mol. The average molecular weight is 512 g/mol. The number of carboxylic acids is 1. The molecule has 0 aromatic heterocycles. The zero-order valence-corrected chi connectivity index (χ0v) is 21.1. The second-order valence-electron chi connectivity index (χ2n) is 10.3. The maximum Gasteiger partial charge on any atom is 0.335 e. The predicted octanol–water partition coefficient (Wildman–Crippen LogP) is 4.42. The molecule has 9 nitrogen and oxygen atoms in total. The van der Waals surface area contributed by atoms with Crippen LogP contribution >= 0.6 is 0 Å². The van der Waals surface area contributed by atoms with Crippen LogP contribution in [-0.4, -0.2) is 56.8 Å². The van der Waals surface area contributed by atoms with E-state index in [1.54, 1.807) is 25.1 Å². The van der Waals surface area contributed by atoms with E-state index in [-0.39, 0.29) is 51.0 Å². The number of piperidine rings is 1. The van der Waals surface area contributed by atoms with Crippen molar-refractivity contribution >= 4 is 46.1 Å². The van der Waals surface area contributed by atoms with Gasteiger partial charge in [0, 0.05) is 34.0 Å². The van der Waals surface area contributed by atoms with Crippen LogP contribution in [0.1, 0.15) is 90.5 Å². The average Bonchev–Trinajstić information content (AvgIpc) is 2.88. The molecule has 2 atom stereocenters. The van der Waals surface area contributed by atoms with Gasteiger partial charge in [-0.15, -0.1) is 0 Å². The number of carbonyl (C=O) groups excluding carboxylic acids is 4. The number of amides is 4. The van der Waals surface area contributed by atoms with E-state index < -0.39 is 29.6 Å².